The minimum atomic E-state index is 0.369. The highest BCUT2D eigenvalue weighted by atomic mass is 15.2. The van der Waals surface area contributed by atoms with Crippen molar-refractivity contribution in [1.82, 2.24) is 15.1 Å². The normalized spacial score (nSPS) is 20.1. The molecule has 0 unspecified atom stereocenters. The Morgan fingerprint density at radius 1 is 1.29 bits per heavy atom. The number of hydrogen-bond donors (Lipinski definition) is 1. The Hall–Kier alpha value is -0.120. The van der Waals surface area contributed by atoms with Gasteiger partial charge < -0.3 is 15.1 Å². The number of likely N-dealkylation sites (tertiary alicyclic amines) is 1. The average molecular weight is 241 g/mol. The van der Waals surface area contributed by atoms with Crippen LogP contribution in [0.25, 0.3) is 0 Å². The summed E-state index contributed by atoms with van der Waals surface area (Å²) in [6.07, 6.45) is 2.65. The van der Waals surface area contributed by atoms with Crippen molar-refractivity contribution >= 4 is 0 Å². The summed E-state index contributed by atoms with van der Waals surface area (Å²) in [4.78, 5) is 5.01. The van der Waals surface area contributed by atoms with Gasteiger partial charge in [0.2, 0.25) is 0 Å². The lowest BCUT2D eigenvalue weighted by molar-refractivity contribution is 0.106. The molecule has 3 nitrogen and oxygen atoms in total. The van der Waals surface area contributed by atoms with Crippen LogP contribution in [-0.4, -0.2) is 62.7 Å². The molecule has 0 radical (unpaired) electrons. The van der Waals surface area contributed by atoms with Gasteiger partial charge in [0.05, 0.1) is 0 Å². The van der Waals surface area contributed by atoms with Crippen molar-refractivity contribution in [3.63, 3.8) is 0 Å². The Kier molecular flexibility index (Phi) is 5.90. The van der Waals surface area contributed by atoms with Gasteiger partial charge in [-0.1, -0.05) is 20.8 Å². The lowest BCUT2D eigenvalue weighted by Gasteiger charge is -2.39. The SMILES string of the molecule is CCNCC(C)(C)CN(C)C1CCN(C)CC1. The van der Waals surface area contributed by atoms with E-state index in [1.165, 1.54) is 32.5 Å². The van der Waals surface area contributed by atoms with Crippen molar-refractivity contribution in [2.24, 2.45) is 5.41 Å². The summed E-state index contributed by atoms with van der Waals surface area (Å²) in [5.74, 6) is 0. The molecular formula is C14H31N3. The van der Waals surface area contributed by atoms with E-state index in [1.807, 2.05) is 0 Å². The zero-order chi connectivity index (χ0) is 12.9. The van der Waals surface area contributed by atoms with Gasteiger partial charge in [-0.15, -0.1) is 0 Å². The molecule has 1 rings (SSSR count). The summed E-state index contributed by atoms with van der Waals surface area (Å²) >= 11 is 0. The van der Waals surface area contributed by atoms with E-state index in [4.69, 9.17) is 0 Å². The Morgan fingerprint density at radius 2 is 1.88 bits per heavy atom. The fourth-order valence-electron chi connectivity index (χ4n) is 2.76. The molecule has 0 saturated carbocycles. The van der Waals surface area contributed by atoms with Crippen LogP contribution in [0.2, 0.25) is 0 Å². The summed E-state index contributed by atoms with van der Waals surface area (Å²) in [5, 5.41) is 3.47. The van der Waals surface area contributed by atoms with E-state index in [9.17, 15) is 0 Å². The smallest absolute Gasteiger partial charge is 0.0117 e. The summed E-state index contributed by atoms with van der Waals surface area (Å²) in [6, 6.07) is 0.784. The molecular weight excluding hydrogens is 210 g/mol. The van der Waals surface area contributed by atoms with Crippen molar-refractivity contribution in [2.75, 3.05) is 46.8 Å². The van der Waals surface area contributed by atoms with E-state index in [-0.39, 0.29) is 0 Å². The molecule has 1 saturated heterocycles. The summed E-state index contributed by atoms with van der Waals surface area (Å²) in [7, 11) is 4.52. The average Bonchev–Trinajstić information content (AvgIpc) is 2.26. The molecule has 0 amide bonds. The predicted octanol–water partition coefficient (Wildman–Crippen LogP) is 1.65. The van der Waals surface area contributed by atoms with Gasteiger partial charge in [-0.2, -0.15) is 0 Å². The number of hydrogen-bond acceptors (Lipinski definition) is 3. The molecule has 102 valence electrons. The Morgan fingerprint density at radius 3 is 2.41 bits per heavy atom. The molecule has 1 aliphatic rings. The van der Waals surface area contributed by atoms with Crippen LogP contribution in [0.4, 0.5) is 0 Å². The number of piperidine rings is 1. The second-order valence-corrected chi connectivity index (χ2v) is 6.39. The van der Waals surface area contributed by atoms with Gasteiger partial charge in [0, 0.05) is 19.1 Å². The number of rotatable bonds is 6. The van der Waals surface area contributed by atoms with Crippen molar-refractivity contribution in [3.05, 3.63) is 0 Å². The van der Waals surface area contributed by atoms with Gasteiger partial charge in [0.15, 0.2) is 0 Å². The van der Waals surface area contributed by atoms with Crippen LogP contribution in [0.15, 0.2) is 0 Å². The lowest BCUT2D eigenvalue weighted by Crippen LogP contribution is -2.47. The van der Waals surface area contributed by atoms with E-state index >= 15 is 0 Å². The largest absolute Gasteiger partial charge is 0.316 e. The first kappa shape index (κ1) is 14.9. The van der Waals surface area contributed by atoms with Gasteiger partial charge >= 0.3 is 0 Å². The summed E-state index contributed by atoms with van der Waals surface area (Å²) in [6.45, 7) is 12.8. The van der Waals surface area contributed by atoms with E-state index in [1.54, 1.807) is 0 Å². The van der Waals surface area contributed by atoms with Crippen molar-refractivity contribution in [2.45, 2.75) is 39.7 Å². The maximum absolute atomic E-state index is 3.47. The second-order valence-electron chi connectivity index (χ2n) is 6.39. The van der Waals surface area contributed by atoms with Gasteiger partial charge in [-0.3, -0.25) is 0 Å². The third-order valence-electron chi connectivity index (χ3n) is 3.84. The topological polar surface area (TPSA) is 18.5 Å². The number of nitrogens with one attached hydrogen (secondary N) is 1. The first-order valence-electron chi connectivity index (χ1n) is 7.04. The van der Waals surface area contributed by atoms with Crippen LogP contribution < -0.4 is 5.32 Å². The fourth-order valence-corrected chi connectivity index (χ4v) is 2.76. The maximum atomic E-state index is 3.47. The molecule has 1 aliphatic heterocycles. The van der Waals surface area contributed by atoms with E-state index in [0.717, 1.165) is 19.1 Å². The molecule has 0 aromatic rings. The van der Waals surface area contributed by atoms with Crippen LogP contribution in [0.3, 0.4) is 0 Å². The molecule has 1 fully saturated rings. The highest BCUT2D eigenvalue weighted by molar-refractivity contribution is 4.82. The molecule has 3 heteroatoms. The quantitative estimate of drug-likeness (QED) is 0.763. The van der Waals surface area contributed by atoms with Crippen LogP contribution in [0, 0.1) is 5.41 Å². The van der Waals surface area contributed by atoms with Crippen LogP contribution in [0.1, 0.15) is 33.6 Å². The summed E-state index contributed by atoms with van der Waals surface area (Å²) < 4.78 is 0. The van der Waals surface area contributed by atoms with Crippen molar-refractivity contribution in [1.29, 1.82) is 0 Å². The maximum Gasteiger partial charge on any atom is 0.0117 e. The molecule has 0 spiro atoms. The van der Waals surface area contributed by atoms with Gasteiger partial charge in [0.25, 0.3) is 0 Å². The standard InChI is InChI=1S/C14H31N3/c1-6-15-11-14(2,3)12-17(5)13-7-9-16(4)10-8-13/h13,15H,6-12H2,1-5H3. The fraction of sp³-hybridized carbons (Fsp3) is 1.00. The minimum Gasteiger partial charge on any atom is -0.316 e. The van der Waals surface area contributed by atoms with Crippen LogP contribution in [-0.2, 0) is 0 Å². The highest BCUT2D eigenvalue weighted by Crippen LogP contribution is 2.20. The van der Waals surface area contributed by atoms with Gasteiger partial charge in [0.1, 0.15) is 0 Å². The Bertz CT molecular complexity index is 208. The Balaban J connectivity index is 2.34. The van der Waals surface area contributed by atoms with E-state index < -0.39 is 0 Å². The molecule has 1 heterocycles. The third kappa shape index (κ3) is 5.36. The molecule has 0 aliphatic carbocycles. The summed E-state index contributed by atoms with van der Waals surface area (Å²) in [5.41, 5.74) is 0.369. The molecule has 0 atom stereocenters. The first-order chi connectivity index (χ1) is 7.94. The predicted molar refractivity (Wildman–Crippen MR) is 75.5 cm³/mol. The molecule has 0 aromatic carbocycles. The highest BCUT2D eigenvalue weighted by Gasteiger charge is 2.25. The van der Waals surface area contributed by atoms with E-state index in [0.29, 0.717) is 5.41 Å². The molecule has 0 aromatic heterocycles. The van der Waals surface area contributed by atoms with Crippen LogP contribution >= 0.6 is 0 Å². The van der Waals surface area contributed by atoms with Crippen molar-refractivity contribution < 1.29 is 0 Å². The first-order valence-corrected chi connectivity index (χ1v) is 7.04. The second kappa shape index (κ2) is 6.72. The third-order valence-corrected chi connectivity index (χ3v) is 3.84. The number of nitrogens with zero attached hydrogens (tertiary/aromatic N) is 2. The zero-order valence-electron chi connectivity index (χ0n) is 12.4. The van der Waals surface area contributed by atoms with Gasteiger partial charge in [-0.25, -0.2) is 0 Å². The molecule has 0 bridgehead atoms. The van der Waals surface area contributed by atoms with E-state index in [2.05, 4.69) is 50.0 Å². The molecule has 1 N–H and O–H groups in total. The van der Waals surface area contributed by atoms with Crippen LogP contribution in [0.5, 0.6) is 0 Å². The zero-order valence-corrected chi connectivity index (χ0v) is 12.4. The van der Waals surface area contributed by atoms with Crippen molar-refractivity contribution in [3.8, 4) is 0 Å². The minimum absolute atomic E-state index is 0.369. The Labute approximate surface area is 108 Å². The monoisotopic (exact) mass is 241 g/mol. The molecule has 17 heavy (non-hydrogen) atoms. The van der Waals surface area contributed by atoms with Gasteiger partial charge in [-0.05, 0) is 52.0 Å². The lowest BCUT2D eigenvalue weighted by atomic mass is 9.91.